The van der Waals surface area contributed by atoms with Gasteiger partial charge in [-0.3, -0.25) is 4.79 Å². The molecule has 0 N–H and O–H groups in total. The lowest BCUT2D eigenvalue weighted by Crippen LogP contribution is -2.29. The number of thiazole rings is 1. The van der Waals surface area contributed by atoms with Gasteiger partial charge < -0.3 is 9.80 Å². The van der Waals surface area contributed by atoms with Crippen LogP contribution in [0.25, 0.3) is 10.6 Å². The lowest BCUT2D eigenvalue weighted by molar-refractivity contribution is 0.0982. The number of rotatable bonds is 8. The number of unbranched alkanes of at least 4 members (excludes halogenated alkanes) is 1. The molecule has 0 fully saturated rings. The van der Waals surface area contributed by atoms with Gasteiger partial charge in [-0.1, -0.05) is 60.3 Å². The number of para-hydroxylation sites is 1. The van der Waals surface area contributed by atoms with Gasteiger partial charge in [-0.2, -0.15) is 0 Å². The molecule has 0 saturated carbocycles. The van der Waals surface area contributed by atoms with Crippen LogP contribution in [0.5, 0.6) is 0 Å². The lowest BCUT2D eigenvalue weighted by atomic mass is 10.1. The maximum absolute atomic E-state index is 13.6. The Morgan fingerprint density at radius 2 is 1.63 bits per heavy atom. The average Bonchev–Trinajstić information content (AvgIpc) is 3.30. The van der Waals surface area contributed by atoms with E-state index in [1.165, 1.54) is 18.4 Å². The summed E-state index contributed by atoms with van der Waals surface area (Å²) in [6.45, 7) is 1.64. The molecule has 35 heavy (non-hydrogen) atoms. The summed E-state index contributed by atoms with van der Waals surface area (Å²) in [7, 11) is 4.24. The number of nitrogens with zero attached hydrogens (tertiary/aromatic N) is 3. The van der Waals surface area contributed by atoms with Crippen molar-refractivity contribution in [3.05, 3.63) is 95.0 Å². The van der Waals surface area contributed by atoms with Gasteiger partial charge in [0.05, 0.1) is 17.8 Å². The molecule has 1 aromatic heterocycles. The fraction of sp³-hybridized carbons (Fsp3) is 0.241. The summed E-state index contributed by atoms with van der Waals surface area (Å²) in [6.07, 6.45) is 5.43. The fourth-order valence-corrected chi connectivity index (χ4v) is 6.26. The maximum atomic E-state index is 13.6. The normalized spacial score (nSPS) is 13.0. The second kappa shape index (κ2) is 10.8. The monoisotopic (exact) mass is 499 g/mol. The SMILES string of the molecule is CN(C)CCCCc1ccc(-c2ncc(CN3C(=O)c4ccccc4Sc4ccccc43)s2)cc1. The Morgan fingerprint density at radius 1 is 0.886 bits per heavy atom. The molecule has 4 nitrogen and oxygen atoms in total. The molecule has 1 aliphatic heterocycles. The van der Waals surface area contributed by atoms with Gasteiger partial charge in [-0.05, 0) is 69.7 Å². The van der Waals surface area contributed by atoms with E-state index in [4.69, 9.17) is 4.98 Å². The van der Waals surface area contributed by atoms with Gasteiger partial charge >= 0.3 is 0 Å². The quantitative estimate of drug-likeness (QED) is 0.244. The van der Waals surface area contributed by atoms with Gasteiger partial charge in [-0.15, -0.1) is 11.3 Å². The molecule has 0 aliphatic carbocycles. The third-order valence-electron chi connectivity index (χ3n) is 6.13. The zero-order chi connectivity index (χ0) is 24.2. The summed E-state index contributed by atoms with van der Waals surface area (Å²) in [5.41, 5.74) is 4.20. The van der Waals surface area contributed by atoms with Crippen LogP contribution >= 0.6 is 23.1 Å². The van der Waals surface area contributed by atoms with Crippen molar-refractivity contribution >= 4 is 34.7 Å². The molecule has 0 unspecified atom stereocenters. The first-order valence-electron chi connectivity index (χ1n) is 11.9. The van der Waals surface area contributed by atoms with E-state index in [0.717, 1.165) is 49.5 Å². The van der Waals surface area contributed by atoms with Gasteiger partial charge in [0.15, 0.2) is 0 Å². The molecular weight excluding hydrogens is 470 g/mol. The number of carbonyl (C=O) groups excluding carboxylic acids is 1. The summed E-state index contributed by atoms with van der Waals surface area (Å²) in [4.78, 5) is 25.5. The van der Waals surface area contributed by atoms with Gasteiger partial charge in [-0.25, -0.2) is 4.98 Å². The van der Waals surface area contributed by atoms with Crippen LogP contribution in [0.3, 0.4) is 0 Å². The Labute approximate surface area is 215 Å². The Balaban J connectivity index is 1.33. The number of aryl methyl sites for hydroxylation is 1. The average molecular weight is 500 g/mol. The number of benzene rings is 3. The molecule has 6 heteroatoms. The Kier molecular flexibility index (Phi) is 7.32. The summed E-state index contributed by atoms with van der Waals surface area (Å²) in [6, 6.07) is 24.8. The van der Waals surface area contributed by atoms with Crippen molar-refractivity contribution in [1.29, 1.82) is 0 Å². The number of hydrogen-bond acceptors (Lipinski definition) is 5. The van der Waals surface area contributed by atoms with Crippen molar-refractivity contribution < 1.29 is 4.79 Å². The maximum Gasteiger partial charge on any atom is 0.259 e. The van der Waals surface area contributed by atoms with Crippen LogP contribution in [0.4, 0.5) is 5.69 Å². The third kappa shape index (κ3) is 5.50. The fourth-order valence-electron chi connectivity index (χ4n) is 4.27. The van der Waals surface area contributed by atoms with Crippen molar-refractivity contribution in [3.8, 4) is 10.6 Å². The molecule has 0 spiro atoms. The zero-order valence-electron chi connectivity index (χ0n) is 20.1. The first-order valence-corrected chi connectivity index (χ1v) is 13.6. The lowest BCUT2D eigenvalue weighted by Gasteiger charge is -2.22. The van der Waals surface area contributed by atoms with Crippen LogP contribution in [-0.2, 0) is 13.0 Å². The number of hydrogen-bond donors (Lipinski definition) is 0. The van der Waals surface area contributed by atoms with Crippen molar-refractivity contribution in [3.63, 3.8) is 0 Å². The van der Waals surface area contributed by atoms with Crippen molar-refractivity contribution in [2.75, 3.05) is 25.5 Å². The van der Waals surface area contributed by atoms with Crippen LogP contribution in [0, 0.1) is 0 Å². The highest BCUT2D eigenvalue weighted by molar-refractivity contribution is 7.99. The molecular formula is C29H29N3OS2. The number of fused-ring (bicyclic) bond motifs is 2. The molecule has 178 valence electrons. The van der Waals surface area contributed by atoms with Gasteiger partial charge in [0.1, 0.15) is 5.01 Å². The molecule has 2 heterocycles. The number of carbonyl (C=O) groups is 1. The minimum atomic E-state index is 0.0339. The van der Waals surface area contributed by atoms with Crippen molar-refractivity contribution in [1.82, 2.24) is 9.88 Å². The molecule has 1 aliphatic rings. The van der Waals surface area contributed by atoms with E-state index in [9.17, 15) is 4.79 Å². The highest BCUT2D eigenvalue weighted by Crippen LogP contribution is 2.42. The largest absolute Gasteiger partial charge is 0.309 e. The molecule has 5 rings (SSSR count). The molecule has 3 aromatic carbocycles. The van der Waals surface area contributed by atoms with Gasteiger partial charge in [0.2, 0.25) is 0 Å². The molecule has 0 radical (unpaired) electrons. The summed E-state index contributed by atoms with van der Waals surface area (Å²) >= 11 is 3.31. The summed E-state index contributed by atoms with van der Waals surface area (Å²) in [5.74, 6) is 0.0339. The molecule has 0 atom stereocenters. The van der Waals surface area contributed by atoms with Crippen molar-refractivity contribution in [2.24, 2.45) is 0 Å². The predicted molar refractivity (Wildman–Crippen MR) is 147 cm³/mol. The second-order valence-electron chi connectivity index (χ2n) is 9.05. The number of aromatic nitrogens is 1. The molecule has 4 aromatic rings. The van der Waals surface area contributed by atoms with Crippen LogP contribution in [-0.4, -0.2) is 36.4 Å². The van der Waals surface area contributed by atoms with Crippen molar-refractivity contribution in [2.45, 2.75) is 35.6 Å². The van der Waals surface area contributed by atoms with Gasteiger partial charge in [0, 0.05) is 26.4 Å². The first-order chi connectivity index (χ1) is 17.1. The van der Waals surface area contributed by atoms with Crippen LogP contribution < -0.4 is 4.90 Å². The highest BCUT2D eigenvalue weighted by atomic mass is 32.2. The minimum absolute atomic E-state index is 0.0339. The second-order valence-corrected chi connectivity index (χ2v) is 11.2. The zero-order valence-corrected chi connectivity index (χ0v) is 21.7. The molecule has 1 amide bonds. The number of anilines is 1. The van der Waals surface area contributed by atoms with E-state index in [0.29, 0.717) is 6.54 Å². The topological polar surface area (TPSA) is 36.4 Å². The molecule has 0 bridgehead atoms. The van der Waals surface area contributed by atoms with Crippen LogP contribution in [0.2, 0.25) is 0 Å². The van der Waals surface area contributed by atoms with E-state index in [1.54, 1.807) is 23.1 Å². The Bertz CT molecular complexity index is 1310. The van der Waals surface area contributed by atoms with E-state index in [1.807, 2.05) is 53.6 Å². The summed E-state index contributed by atoms with van der Waals surface area (Å²) < 4.78 is 0. The minimum Gasteiger partial charge on any atom is -0.309 e. The first kappa shape index (κ1) is 23.8. The predicted octanol–water partition coefficient (Wildman–Crippen LogP) is 7.01. The van der Waals surface area contributed by atoms with E-state index >= 15 is 0 Å². The third-order valence-corrected chi connectivity index (χ3v) is 8.30. The Morgan fingerprint density at radius 3 is 2.43 bits per heavy atom. The summed E-state index contributed by atoms with van der Waals surface area (Å²) in [5, 5.41) is 0.990. The van der Waals surface area contributed by atoms with E-state index < -0.39 is 0 Å². The standard InChI is InChI=1S/C29H29N3OS2/c1-31(2)18-8-7-9-21-14-16-22(17-15-21)28-30-19-23(34-28)20-32-25-11-4-6-13-27(25)35-26-12-5-3-10-24(26)29(32)33/h3-6,10-17,19H,7-9,18,20H2,1-2H3. The van der Waals surface area contributed by atoms with E-state index in [-0.39, 0.29) is 5.91 Å². The smallest absolute Gasteiger partial charge is 0.259 e. The van der Waals surface area contributed by atoms with Gasteiger partial charge in [0.25, 0.3) is 5.91 Å². The molecule has 0 saturated heterocycles. The number of amides is 1. The van der Waals surface area contributed by atoms with Crippen LogP contribution in [0.1, 0.15) is 33.6 Å². The van der Waals surface area contributed by atoms with E-state index in [2.05, 4.69) is 49.3 Å². The Hall–Kier alpha value is -2.93. The van der Waals surface area contributed by atoms with Crippen LogP contribution in [0.15, 0.2) is 88.8 Å². The highest BCUT2D eigenvalue weighted by Gasteiger charge is 2.27.